The first-order valence-corrected chi connectivity index (χ1v) is 4.39. The van der Waals surface area contributed by atoms with Gasteiger partial charge in [-0.2, -0.15) is 0 Å². The molecule has 6 nitrogen and oxygen atoms in total. The molecule has 82 valence electrons. The van der Waals surface area contributed by atoms with Crippen molar-refractivity contribution in [3.8, 4) is 0 Å². The predicted molar refractivity (Wildman–Crippen MR) is 51.1 cm³/mol. The highest BCUT2D eigenvalue weighted by atomic mass is 16.4. The Labute approximate surface area is 86.8 Å². The number of hydrogen-bond donors (Lipinski definition) is 1. The fourth-order valence-electron chi connectivity index (χ4n) is 1.16. The number of nitrogens with zero attached hydrogens (tertiary/aromatic N) is 2. The third kappa shape index (κ3) is 2.34. The number of carboxylic acid groups (broad SMARTS) is 1. The van der Waals surface area contributed by atoms with E-state index in [1.54, 1.807) is 0 Å². The van der Waals surface area contributed by atoms with E-state index in [9.17, 15) is 14.4 Å². The Bertz CT molecular complexity index is 348. The average Bonchev–Trinajstić information content (AvgIpc) is 2.38. The van der Waals surface area contributed by atoms with Crippen LogP contribution in [-0.4, -0.2) is 53.0 Å². The largest absolute Gasteiger partial charge is 0.478 e. The van der Waals surface area contributed by atoms with Crippen molar-refractivity contribution in [1.82, 2.24) is 9.80 Å². The van der Waals surface area contributed by atoms with Crippen LogP contribution in [0.1, 0.15) is 6.92 Å². The number of carboxylic acids is 1. The number of carbonyl (C=O) groups excluding carboxylic acids is 2. The summed E-state index contributed by atoms with van der Waals surface area (Å²) in [4.78, 5) is 35.4. The second-order valence-corrected chi connectivity index (χ2v) is 3.34. The Kier molecular flexibility index (Phi) is 3.08. The topological polar surface area (TPSA) is 77.9 Å². The Balaban J connectivity index is 2.67. The van der Waals surface area contributed by atoms with Gasteiger partial charge in [-0.05, 0) is 6.92 Å². The van der Waals surface area contributed by atoms with Crippen LogP contribution in [0.4, 0.5) is 4.79 Å². The molecule has 0 aromatic heterocycles. The summed E-state index contributed by atoms with van der Waals surface area (Å²) in [6.07, 6.45) is 1.34. The van der Waals surface area contributed by atoms with Crippen molar-refractivity contribution in [2.75, 3.05) is 20.1 Å². The van der Waals surface area contributed by atoms with Gasteiger partial charge < -0.3 is 10.0 Å². The molecule has 0 saturated carbocycles. The van der Waals surface area contributed by atoms with Gasteiger partial charge in [0.1, 0.15) is 6.54 Å². The molecular weight excluding hydrogens is 200 g/mol. The van der Waals surface area contributed by atoms with E-state index in [1.807, 2.05) is 0 Å². The van der Waals surface area contributed by atoms with E-state index in [0.717, 1.165) is 4.90 Å². The highest BCUT2D eigenvalue weighted by Crippen LogP contribution is 2.08. The van der Waals surface area contributed by atoms with Crippen LogP contribution < -0.4 is 0 Å². The van der Waals surface area contributed by atoms with Gasteiger partial charge in [-0.25, -0.2) is 9.59 Å². The zero-order valence-electron chi connectivity index (χ0n) is 8.56. The molecule has 0 aromatic carbocycles. The minimum atomic E-state index is -1.05. The summed E-state index contributed by atoms with van der Waals surface area (Å²) in [6.45, 7) is 1.48. The minimum Gasteiger partial charge on any atom is -0.478 e. The van der Waals surface area contributed by atoms with E-state index in [0.29, 0.717) is 0 Å². The van der Waals surface area contributed by atoms with Gasteiger partial charge in [-0.3, -0.25) is 9.69 Å². The normalized spacial score (nSPS) is 17.6. The Morgan fingerprint density at radius 3 is 2.53 bits per heavy atom. The molecule has 0 atom stereocenters. The number of imide groups is 1. The van der Waals surface area contributed by atoms with E-state index >= 15 is 0 Å². The highest BCUT2D eigenvalue weighted by Gasteiger charge is 2.32. The molecule has 0 unspecified atom stereocenters. The molecule has 1 fully saturated rings. The Morgan fingerprint density at radius 1 is 1.53 bits per heavy atom. The molecular formula is C9H12N2O4. The maximum Gasteiger partial charge on any atom is 0.331 e. The SMILES string of the molecule is C/C(=C/CN1C(=O)CN(C)C1=O)C(=O)O. The highest BCUT2D eigenvalue weighted by molar-refractivity contribution is 6.02. The molecule has 0 aliphatic carbocycles. The summed E-state index contributed by atoms with van der Waals surface area (Å²) in [6, 6.07) is -0.394. The van der Waals surface area contributed by atoms with E-state index in [2.05, 4.69) is 0 Å². The lowest BCUT2D eigenvalue weighted by molar-refractivity contribution is -0.132. The molecule has 1 heterocycles. The molecule has 15 heavy (non-hydrogen) atoms. The molecule has 1 aliphatic rings. The zero-order valence-corrected chi connectivity index (χ0v) is 8.56. The molecule has 3 amide bonds. The molecule has 0 radical (unpaired) electrons. The monoisotopic (exact) mass is 212 g/mol. The molecule has 1 saturated heterocycles. The molecule has 1 aliphatic heterocycles. The van der Waals surface area contributed by atoms with Gasteiger partial charge in [0.05, 0.1) is 0 Å². The fourth-order valence-corrected chi connectivity index (χ4v) is 1.16. The molecule has 1 N–H and O–H groups in total. The van der Waals surface area contributed by atoms with E-state index in [4.69, 9.17) is 5.11 Å². The van der Waals surface area contributed by atoms with Crippen LogP contribution in [0.5, 0.6) is 0 Å². The summed E-state index contributed by atoms with van der Waals surface area (Å²) in [5.41, 5.74) is 0.116. The molecule has 0 bridgehead atoms. The van der Waals surface area contributed by atoms with Gasteiger partial charge in [0.15, 0.2) is 0 Å². The molecule has 0 spiro atoms. The van der Waals surface area contributed by atoms with Crippen LogP contribution in [0.15, 0.2) is 11.6 Å². The summed E-state index contributed by atoms with van der Waals surface area (Å²) >= 11 is 0. The van der Waals surface area contributed by atoms with Crippen molar-refractivity contribution >= 4 is 17.9 Å². The number of urea groups is 1. The number of rotatable bonds is 3. The number of aliphatic carboxylic acids is 1. The van der Waals surface area contributed by atoms with Gasteiger partial charge >= 0.3 is 12.0 Å². The van der Waals surface area contributed by atoms with E-state index in [1.165, 1.54) is 24.9 Å². The van der Waals surface area contributed by atoms with Crippen LogP contribution in [0.2, 0.25) is 0 Å². The van der Waals surface area contributed by atoms with E-state index in [-0.39, 0.29) is 24.6 Å². The zero-order chi connectivity index (χ0) is 11.6. The number of carbonyl (C=O) groups is 3. The van der Waals surface area contributed by atoms with Crippen LogP contribution in [0, 0.1) is 0 Å². The summed E-state index contributed by atoms with van der Waals surface area (Å²) in [7, 11) is 1.52. The van der Waals surface area contributed by atoms with E-state index < -0.39 is 12.0 Å². The van der Waals surface area contributed by atoms with Crippen LogP contribution in [0.3, 0.4) is 0 Å². The van der Waals surface area contributed by atoms with Crippen LogP contribution in [0.25, 0.3) is 0 Å². The third-order valence-electron chi connectivity index (χ3n) is 2.15. The predicted octanol–water partition coefficient (Wildman–Crippen LogP) is -0.0887. The van der Waals surface area contributed by atoms with Crippen molar-refractivity contribution in [1.29, 1.82) is 0 Å². The number of hydrogen-bond acceptors (Lipinski definition) is 3. The standard InChI is InChI=1S/C9H12N2O4/c1-6(8(13)14)3-4-11-7(12)5-10(2)9(11)15/h3H,4-5H2,1-2H3,(H,13,14)/b6-3-. The quantitative estimate of drug-likeness (QED) is 0.524. The number of likely N-dealkylation sites (N-methyl/N-ethyl adjacent to an activating group) is 1. The summed E-state index contributed by atoms with van der Waals surface area (Å²) < 4.78 is 0. The first kappa shape index (κ1) is 11.2. The Hall–Kier alpha value is -1.85. The van der Waals surface area contributed by atoms with Gasteiger partial charge in [0.2, 0.25) is 0 Å². The first-order chi connectivity index (χ1) is 6.93. The number of amides is 3. The average molecular weight is 212 g/mol. The fraction of sp³-hybridized carbons (Fsp3) is 0.444. The van der Waals surface area contributed by atoms with Gasteiger partial charge in [0.25, 0.3) is 5.91 Å². The van der Waals surface area contributed by atoms with Gasteiger partial charge in [-0.15, -0.1) is 0 Å². The van der Waals surface area contributed by atoms with Gasteiger partial charge in [0, 0.05) is 19.2 Å². The third-order valence-corrected chi connectivity index (χ3v) is 2.15. The first-order valence-electron chi connectivity index (χ1n) is 4.39. The van der Waals surface area contributed by atoms with Crippen molar-refractivity contribution < 1.29 is 19.5 Å². The molecule has 0 aromatic rings. The second kappa shape index (κ2) is 4.12. The van der Waals surface area contributed by atoms with Gasteiger partial charge in [-0.1, -0.05) is 6.08 Å². The second-order valence-electron chi connectivity index (χ2n) is 3.34. The lowest BCUT2D eigenvalue weighted by atomic mass is 10.3. The van der Waals surface area contributed by atoms with Crippen LogP contribution >= 0.6 is 0 Å². The lowest BCUT2D eigenvalue weighted by Crippen LogP contribution is -2.31. The molecule has 6 heteroatoms. The smallest absolute Gasteiger partial charge is 0.331 e. The van der Waals surface area contributed by atoms with Crippen molar-refractivity contribution in [3.05, 3.63) is 11.6 Å². The molecule has 1 rings (SSSR count). The van der Waals surface area contributed by atoms with Crippen molar-refractivity contribution in [2.45, 2.75) is 6.92 Å². The lowest BCUT2D eigenvalue weighted by Gasteiger charge is -2.11. The van der Waals surface area contributed by atoms with Crippen molar-refractivity contribution in [3.63, 3.8) is 0 Å². The summed E-state index contributed by atoms with van der Waals surface area (Å²) in [5, 5.41) is 8.57. The Morgan fingerprint density at radius 2 is 2.13 bits per heavy atom. The van der Waals surface area contributed by atoms with Crippen molar-refractivity contribution in [2.24, 2.45) is 0 Å². The van der Waals surface area contributed by atoms with Crippen LogP contribution in [-0.2, 0) is 9.59 Å². The maximum atomic E-state index is 11.4. The minimum absolute atomic E-state index is 0.0140. The maximum absolute atomic E-state index is 11.4. The summed E-state index contributed by atoms with van der Waals surface area (Å²) in [5.74, 6) is -1.36.